The van der Waals surface area contributed by atoms with Crippen molar-refractivity contribution in [2.75, 3.05) is 0 Å². The molecule has 2 aromatic rings. The lowest BCUT2D eigenvalue weighted by atomic mass is 10.0. The van der Waals surface area contributed by atoms with Crippen LogP contribution in [0, 0.1) is 10.8 Å². The number of alkyl halides is 2. The van der Waals surface area contributed by atoms with Gasteiger partial charge in [-0.1, -0.05) is 60.7 Å². The maximum absolute atomic E-state index is 13.9. The summed E-state index contributed by atoms with van der Waals surface area (Å²) in [7, 11) is 0. The molecule has 0 fully saturated rings. The Hall–Kier alpha value is -2.94. The van der Waals surface area contributed by atoms with Crippen molar-refractivity contribution in [3.63, 3.8) is 0 Å². The number of benzene rings is 2. The summed E-state index contributed by atoms with van der Waals surface area (Å²) in [4.78, 5) is 16.7. The molecule has 4 nitrogen and oxygen atoms in total. The number of nitrogens with one attached hydrogen (secondary N) is 2. The minimum atomic E-state index is -2.91. The molecule has 2 aromatic carbocycles. The Morgan fingerprint density at radius 1 is 0.714 bits per heavy atom. The minimum Gasteiger partial charge on any atom is -0.222 e. The van der Waals surface area contributed by atoms with Crippen LogP contribution in [0.4, 0.5) is 8.78 Å². The number of hydrogen-bond donors (Lipinski definition) is 2. The monoisotopic (exact) mass is 290 g/mol. The van der Waals surface area contributed by atoms with Crippen LogP contribution >= 0.6 is 0 Å². The van der Waals surface area contributed by atoms with Gasteiger partial charge < -0.3 is 0 Å². The topological polar surface area (TPSA) is 81.8 Å². The summed E-state index contributed by atoms with van der Waals surface area (Å²) in [6.45, 7) is 0. The quantitative estimate of drug-likeness (QED) is 0.654. The molecule has 6 heteroatoms. The molecule has 0 unspecified atom stereocenters. The van der Waals surface area contributed by atoms with Gasteiger partial charge >= 0.3 is 0 Å². The lowest BCUT2D eigenvalue weighted by Crippen LogP contribution is -2.14. The summed E-state index contributed by atoms with van der Waals surface area (Å²) in [6, 6.07) is 15.7. The summed E-state index contributed by atoms with van der Waals surface area (Å²) < 4.78 is 27.8. The number of isocyanates is 2. The zero-order valence-corrected chi connectivity index (χ0v) is 10.8. The van der Waals surface area contributed by atoms with Gasteiger partial charge in [-0.15, -0.1) is 0 Å². The van der Waals surface area contributed by atoms with Crippen molar-refractivity contribution in [1.82, 2.24) is 0 Å². The summed E-state index contributed by atoms with van der Waals surface area (Å²) in [5.74, 6) is -2.91. The van der Waals surface area contributed by atoms with E-state index in [0.717, 1.165) is 12.2 Å². The molecule has 0 saturated heterocycles. The van der Waals surface area contributed by atoms with E-state index in [0.29, 0.717) is 0 Å². The Morgan fingerprint density at radius 3 is 1.19 bits per heavy atom. The Balaban J connectivity index is 0.000000578. The van der Waals surface area contributed by atoms with Crippen molar-refractivity contribution in [2.45, 2.75) is 5.92 Å². The van der Waals surface area contributed by atoms with E-state index in [9.17, 15) is 8.78 Å². The van der Waals surface area contributed by atoms with Crippen LogP contribution in [0.3, 0.4) is 0 Å². The van der Waals surface area contributed by atoms with Crippen molar-refractivity contribution in [3.8, 4) is 0 Å². The number of halogens is 2. The fourth-order valence-electron chi connectivity index (χ4n) is 1.46. The highest BCUT2D eigenvalue weighted by molar-refractivity contribution is 5.32. The number of carbonyl (C=O) groups excluding carboxylic acids is 2. The smallest absolute Gasteiger partial charge is 0.222 e. The summed E-state index contributed by atoms with van der Waals surface area (Å²) in [6.07, 6.45) is 1.50. The Kier molecular flexibility index (Phi) is 8.53. The molecule has 0 aliphatic heterocycles. The zero-order valence-electron chi connectivity index (χ0n) is 10.8. The van der Waals surface area contributed by atoms with E-state index < -0.39 is 5.92 Å². The molecule has 0 atom stereocenters. The van der Waals surface area contributed by atoms with Gasteiger partial charge in [0.05, 0.1) is 0 Å². The van der Waals surface area contributed by atoms with E-state index in [4.69, 9.17) is 20.4 Å². The standard InChI is InChI=1S/C13H10F2.2CHNO/c14-13(15,11-7-3-1-4-8-11)12-9-5-2-6-10-12;2*2-1-3/h1-10H;2*2H. The summed E-state index contributed by atoms with van der Waals surface area (Å²) >= 11 is 0. The van der Waals surface area contributed by atoms with E-state index in [1.54, 1.807) is 36.4 Å². The minimum absolute atomic E-state index is 0.0243. The largest absolute Gasteiger partial charge is 0.298 e. The van der Waals surface area contributed by atoms with Crippen LogP contribution in [-0.4, -0.2) is 12.2 Å². The predicted molar refractivity (Wildman–Crippen MR) is 72.7 cm³/mol. The van der Waals surface area contributed by atoms with Gasteiger partial charge in [0.1, 0.15) is 0 Å². The van der Waals surface area contributed by atoms with Crippen LogP contribution in [0.5, 0.6) is 0 Å². The average molecular weight is 290 g/mol. The number of hydrogen-bond acceptors (Lipinski definition) is 4. The highest BCUT2D eigenvalue weighted by Crippen LogP contribution is 2.34. The van der Waals surface area contributed by atoms with Crippen molar-refractivity contribution in [2.24, 2.45) is 0 Å². The fourth-order valence-corrected chi connectivity index (χ4v) is 1.46. The van der Waals surface area contributed by atoms with Gasteiger partial charge in [0.2, 0.25) is 12.2 Å². The Labute approximate surface area is 120 Å². The van der Waals surface area contributed by atoms with Gasteiger partial charge in [0.25, 0.3) is 5.92 Å². The molecule has 0 spiro atoms. The van der Waals surface area contributed by atoms with Crippen molar-refractivity contribution >= 4 is 12.2 Å². The van der Waals surface area contributed by atoms with Crippen LogP contribution in [0.2, 0.25) is 0 Å². The third-order valence-electron chi connectivity index (χ3n) is 2.27. The summed E-state index contributed by atoms with van der Waals surface area (Å²) in [5.41, 5.74) is 0.0485. The molecular formula is C15H12F2N2O2. The predicted octanol–water partition coefficient (Wildman–Crippen LogP) is 3.63. The van der Waals surface area contributed by atoms with Crippen LogP contribution in [-0.2, 0) is 15.5 Å². The second kappa shape index (κ2) is 9.92. The number of rotatable bonds is 2. The first-order chi connectivity index (χ1) is 10.0. The molecule has 108 valence electrons. The third kappa shape index (κ3) is 6.16. The molecule has 0 bridgehead atoms. The van der Waals surface area contributed by atoms with E-state index in [-0.39, 0.29) is 11.1 Å². The van der Waals surface area contributed by atoms with Crippen LogP contribution < -0.4 is 0 Å². The molecule has 0 amide bonds. The molecule has 0 aromatic heterocycles. The molecule has 0 saturated carbocycles. The first-order valence-corrected chi connectivity index (χ1v) is 5.61. The molecule has 0 radical (unpaired) electrons. The van der Waals surface area contributed by atoms with Gasteiger partial charge in [-0.05, 0) is 0 Å². The van der Waals surface area contributed by atoms with Gasteiger partial charge in [0, 0.05) is 11.1 Å². The van der Waals surface area contributed by atoms with Crippen molar-refractivity contribution in [3.05, 3.63) is 71.8 Å². The van der Waals surface area contributed by atoms with E-state index in [2.05, 4.69) is 0 Å². The van der Waals surface area contributed by atoms with Crippen molar-refractivity contribution < 1.29 is 18.4 Å². The molecule has 2 N–H and O–H groups in total. The van der Waals surface area contributed by atoms with Gasteiger partial charge in [0.15, 0.2) is 0 Å². The van der Waals surface area contributed by atoms with E-state index in [1.165, 1.54) is 24.3 Å². The maximum atomic E-state index is 13.9. The molecule has 21 heavy (non-hydrogen) atoms. The summed E-state index contributed by atoms with van der Waals surface area (Å²) in [5, 5.41) is 10.8. The van der Waals surface area contributed by atoms with Gasteiger partial charge in [-0.3, -0.25) is 0 Å². The lowest BCUT2D eigenvalue weighted by Gasteiger charge is -2.16. The highest BCUT2D eigenvalue weighted by Gasteiger charge is 2.33. The second-order valence-electron chi connectivity index (χ2n) is 3.51. The average Bonchev–Trinajstić information content (AvgIpc) is 2.51. The molecular weight excluding hydrogens is 278 g/mol. The van der Waals surface area contributed by atoms with Gasteiger partial charge in [-0.2, -0.15) is 8.78 Å². The third-order valence-corrected chi connectivity index (χ3v) is 2.27. The Bertz CT molecular complexity index is 536. The molecule has 2 rings (SSSR count). The molecule has 0 aliphatic rings. The zero-order chi connectivity index (χ0) is 16.1. The second-order valence-corrected chi connectivity index (χ2v) is 3.51. The lowest BCUT2D eigenvalue weighted by molar-refractivity contribution is 0.0428. The first-order valence-electron chi connectivity index (χ1n) is 5.61. The van der Waals surface area contributed by atoms with Crippen LogP contribution in [0.15, 0.2) is 60.7 Å². The Morgan fingerprint density at radius 2 is 0.952 bits per heavy atom. The van der Waals surface area contributed by atoms with Gasteiger partial charge in [-0.25, -0.2) is 20.4 Å². The van der Waals surface area contributed by atoms with E-state index >= 15 is 0 Å². The fraction of sp³-hybridized carbons (Fsp3) is 0.0667. The SMILES string of the molecule is FC(F)(c1ccccc1)c1ccccc1.N=C=O.N=C=O. The van der Waals surface area contributed by atoms with Crippen LogP contribution in [0.25, 0.3) is 0 Å². The normalized spacial score (nSPS) is 8.86. The highest BCUT2D eigenvalue weighted by atomic mass is 19.3. The first kappa shape index (κ1) is 18.1. The van der Waals surface area contributed by atoms with Crippen LogP contribution in [0.1, 0.15) is 11.1 Å². The van der Waals surface area contributed by atoms with Crippen molar-refractivity contribution in [1.29, 1.82) is 10.8 Å². The van der Waals surface area contributed by atoms with E-state index in [1.807, 2.05) is 0 Å². The molecule has 0 aliphatic carbocycles. The maximum Gasteiger partial charge on any atom is 0.298 e. The molecule has 0 heterocycles.